The molecule has 1 saturated heterocycles. The molecule has 0 amide bonds. The third kappa shape index (κ3) is 1.82. The number of nitrogens with one attached hydrogen (secondary N) is 1. The van der Waals surface area contributed by atoms with Crippen molar-refractivity contribution >= 4 is 23.4 Å². The van der Waals surface area contributed by atoms with Gasteiger partial charge >= 0.3 is 0 Å². The average Bonchev–Trinajstić information content (AvgIpc) is 2.62. The normalized spacial score (nSPS) is 22.2. The van der Waals surface area contributed by atoms with E-state index < -0.39 is 0 Å². The SMILES string of the molecule is Fc1c(Cl)cccc1C1NCCS1. The zero-order valence-corrected chi connectivity index (χ0v) is 8.46. The van der Waals surface area contributed by atoms with E-state index in [-0.39, 0.29) is 16.2 Å². The molecule has 1 aromatic carbocycles. The number of thioether (sulfide) groups is 1. The summed E-state index contributed by atoms with van der Waals surface area (Å²) in [5.74, 6) is 0.729. The Morgan fingerprint density at radius 2 is 2.38 bits per heavy atom. The first-order valence-corrected chi connectivity index (χ1v) is 5.50. The van der Waals surface area contributed by atoms with Crippen LogP contribution in [-0.4, -0.2) is 12.3 Å². The van der Waals surface area contributed by atoms with Gasteiger partial charge in [0.25, 0.3) is 0 Å². The predicted molar refractivity (Wildman–Crippen MR) is 54.6 cm³/mol. The Hall–Kier alpha value is -0.250. The van der Waals surface area contributed by atoms with Crippen LogP contribution in [0.25, 0.3) is 0 Å². The Kier molecular flexibility index (Phi) is 2.77. The Bertz CT molecular complexity index is 312. The van der Waals surface area contributed by atoms with Gasteiger partial charge < -0.3 is 5.32 Å². The molecule has 1 aromatic rings. The molecule has 4 heteroatoms. The fraction of sp³-hybridized carbons (Fsp3) is 0.333. The summed E-state index contributed by atoms with van der Waals surface area (Å²) in [7, 11) is 0. The van der Waals surface area contributed by atoms with Crippen LogP contribution in [0.1, 0.15) is 10.9 Å². The van der Waals surface area contributed by atoms with Crippen molar-refractivity contribution in [3.05, 3.63) is 34.6 Å². The maximum absolute atomic E-state index is 13.5. The highest BCUT2D eigenvalue weighted by atomic mass is 35.5. The smallest absolute Gasteiger partial charge is 0.147 e. The molecule has 1 unspecified atom stereocenters. The van der Waals surface area contributed by atoms with E-state index in [9.17, 15) is 4.39 Å². The van der Waals surface area contributed by atoms with Crippen LogP contribution in [0.15, 0.2) is 18.2 Å². The lowest BCUT2D eigenvalue weighted by Gasteiger charge is -2.11. The zero-order valence-electron chi connectivity index (χ0n) is 6.89. The fourth-order valence-corrected chi connectivity index (χ4v) is 2.60. The molecule has 70 valence electrons. The predicted octanol–water partition coefficient (Wildman–Crippen LogP) is 2.81. The van der Waals surface area contributed by atoms with Gasteiger partial charge in [0.05, 0.1) is 10.4 Å². The molecule has 1 atom stereocenters. The van der Waals surface area contributed by atoms with Crippen molar-refractivity contribution in [2.24, 2.45) is 0 Å². The Morgan fingerprint density at radius 1 is 1.54 bits per heavy atom. The number of benzene rings is 1. The van der Waals surface area contributed by atoms with Gasteiger partial charge in [-0.3, -0.25) is 0 Å². The highest BCUT2D eigenvalue weighted by Gasteiger charge is 2.20. The topological polar surface area (TPSA) is 12.0 Å². The third-order valence-electron chi connectivity index (χ3n) is 1.98. The minimum atomic E-state index is -0.295. The van der Waals surface area contributed by atoms with Gasteiger partial charge in [0.2, 0.25) is 0 Å². The molecule has 1 fully saturated rings. The van der Waals surface area contributed by atoms with Crippen molar-refractivity contribution in [2.45, 2.75) is 5.37 Å². The van der Waals surface area contributed by atoms with E-state index in [1.807, 2.05) is 0 Å². The van der Waals surface area contributed by atoms with Gasteiger partial charge in [0, 0.05) is 17.9 Å². The van der Waals surface area contributed by atoms with Gasteiger partial charge in [-0.05, 0) is 6.07 Å². The van der Waals surface area contributed by atoms with Crippen LogP contribution in [0.2, 0.25) is 5.02 Å². The molecule has 0 spiro atoms. The first-order valence-electron chi connectivity index (χ1n) is 4.08. The number of halogens is 2. The first-order chi connectivity index (χ1) is 6.29. The maximum Gasteiger partial charge on any atom is 0.147 e. The molecule has 0 saturated carbocycles. The molecule has 0 aliphatic carbocycles. The van der Waals surface area contributed by atoms with Crippen molar-refractivity contribution in [1.82, 2.24) is 5.32 Å². The summed E-state index contributed by atoms with van der Waals surface area (Å²) in [6, 6.07) is 5.12. The molecule has 2 rings (SSSR count). The third-order valence-corrected chi connectivity index (χ3v) is 3.47. The van der Waals surface area contributed by atoms with Gasteiger partial charge in [-0.1, -0.05) is 23.7 Å². The van der Waals surface area contributed by atoms with Crippen molar-refractivity contribution in [3.63, 3.8) is 0 Å². The van der Waals surface area contributed by atoms with Crippen LogP contribution in [-0.2, 0) is 0 Å². The molecule has 0 aromatic heterocycles. The Labute approximate surface area is 85.7 Å². The monoisotopic (exact) mass is 217 g/mol. The van der Waals surface area contributed by atoms with Gasteiger partial charge in [-0.25, -0.2) is 4.39 Å². The second-order valence-electron chi connectivity index (χ2n) is 2.85. The minimum Gasteiger partial charge on any atom is -0.301 e. The largest absolute Gasteiger partial charge is 0.301 e. The quantitative estimate of drug-likeness (QED) is 0.777. The maximum atomic E-state index is 13.5. The molecular weight excluding hydrogens is 209 g/mol. The Balaban J connectivity index is 2.33. The van der Waals surface area contributed by atoms with Crippen LogP contribution >= 0.6 is 23.4 Å². The molecule has 1 nitrogen and oxygen atoms in total. The minimum absolute atomic E-state index is 0.0682. The van der Waals surface area contributed by atoms with Gasteiger partial charge in [0.1, 0.15) is 5.82 Å². The summed E-state index contributed by atoms with van der Waals surface area (Å²) < 4.78 is 13.5. The highest BCUT2D eigenvalue weighted by Crippen LogP contribution is 2.33. The summed E-state index contributed by atoms with van der Waals surface area (Å²) in [5.41, 5.74) is 0.662. The van der Waals surface area contributed by atoms with Crippen molar-refractivity contribution in [3.8, 4) is 0 Å². The number of hydrogen-bond acceptors (Lipinski definition) is 2. The molecule has 1 heterocycles. The summed E-state index contributed by atoms with van der Waals surface area (Å²) in [6.07, 6.45) is 0. The standard InChI is InChI=1S/C9H9ClFNS/c10-7-3-1-2-6(8(7)11)9-12-4-5-13-9/h1-3,9,12H,4-5H2. The highest BCUT2D eigenvalue weighted by molar-refractivity contribution is 7.99. The molecule has 13 heavy (non-hydrogen) atoms. The molecule has 1 aliphatic rings. The summed E-state index contributed by atoms with van der Waals surface area (Å²) in [6.45, 7) is 0.932. The van der Waals surface area contributed by atoms with Crippen molar-refractivity contribution in [1.29, 1.82) is 0 Å². The van der Waals surface area contributed by atoms with E-state index in [0.717, 1.165) is 12.3 Å². The van der Waals surface area contributed by atoms with Crippen LogP contribution in [0.4, 0.5) is 4.39 Å². The number of rotatable bonds is 1. The summed E-state index contributed by atoms with van der Waals surface area (Å²) in [4.78, 5) is 0. The van der Waals surface area contributed by atoms with E-state index in [2.05, 4.69) is 5.32 Å². The van der Waals surface area contributed by atoms with E-state index in [0.29, 0.717) is 5.56 Å². The fourth-order valence-electron chi connectivity index (χ4n) is 1.35. The molecular formula is C9H9ClFNS. The van der Waals surface area contributed by atoms with Gasteiger partial charge in [-0.15, -0.1) is 11.8 Å². The molecule has 0 radical (unpaired) electrons. The second-order valence-corrected chi connectivity index (χ2v) is 4.47. The van der Waals surface area contributed by atoms with Crippen molar-refractivity contribution in [2.75, 3.05) is 12.3 Å². The van der Waals surface area contributed by atoms with Gasteiger partial charge in [0.15, 0.2) is 0 Å². The van der Waals surface area contributed by atoms with E-state index in [4.69, 9.17) is 11.6 Å². The zero-order chi connectivity index (χ0) is 9.26. The van der Waals surface area contributed by atoms with E-state index >= 15 is 0 Å². The Morgan fingerprint density at radius 3 is 3.08 bits per heavy atom. The molecule has 0 bridgehead atoms. The second kappa shape index (κ2) is 3.86. The molecule has 1 N–H and O–H groups in total. The lowest BCUT2D eigenvalue weighted by molar-refractivity contribution is 0.596. The van der Waals surface area contributed by atoms with Crippen LogP contribution in [0.3, 0.4) is 0 Å². The van der Waals surface area contributed by atoms with Crippen LogP contribution in [0.5, 0.6) is 0 Å². The van der Waals surface area contributed by atoms with Crippen molar-refractivity contribution < 1.29 is 4.39 Å². The van der Waals surface area contributed by atoms with E-state index in [1.54, 1.807) is 30.0 Å². The van der Waals surface area contributed by atoms with Gasteiger partial charge in [-0.2, -0.15) is 0 Å². The lowest BCUT2D eigenvalue weighted by atomic mass is 10.2. The van der Waals surface area contributed by atoms with E-state index in [1.165, 1.54) is 0 Å². The number of hydrogen-bond donors (Lipinski definition) is 1. The summed E-state index contributed by atoms with van der Waals surface area (Å²) in [5, 5.41) is 3.47. The molecule has 1 aliphatic heterocycles. The van der Waals surface area contributed by atoms with Crippen LogP contribution < -0.4 is 5.32 Å². The summed E-state index contributed by atoms with van der Waals surface area (Å²) >= 11 is 7.39. The van der Waals surface area contributed by atoms with Crippen LogP contribution in [0, 0.1) is 5.82 Å². The lowest BCUT2D eigenvalue weighted by Crippen LogP contribution is -2.13. The average molecular weight is 218 g/mol. The first kappa shape index (κ1) is 9.31.